The van der Waals surface area contributed by atoms with Gasteiger partial charge in [-0.1, -0.05) is 54.2 Å². The van der Waals surface area contributed by atoms with Crippen LogP contribution in [-0.4, -0.2) is 27.3 Å². The number of nitrogens with one attached hydrogen (secondary N) is 1. The van der Waals surface area contributed by atoms with E-state index < -0.39 is 0 Å². The van der Waals surface area contributed by atoms with Crippen LogP contribution in [0.4, 0.5) is 0 Å². The summed E-state index contributed by atoms with van der Waals surface area (Å²) in [5.41, 5.74) is 0.936. The van der Waals surface area contributed by atoms with Crippen molar-refractivity contribution in [2.75, 3.05) is 5.75 Å². The quantitative estimate of drug-likeness (QED) is 0.417. The SMILES string of the molecule is O=C(CSc1nc2cc(Cl)ccc2c(=O)n1-c1ccc(Cl)cc1)NC1CCCCC1. The average Bonchev–Trinajstić information content (AvgIpc) is 2.74. The van der Waals surface area contributed by atoms with E-state index in [0.29, 0.717) is 31.8 Å². The lowest BCUT2D eigenvalue weighted by molar-refractivity contribution is -0.119. The van der Waals surface area contributed by atoms with E-state index in [0.717, 1.165) is 25.7 Å². The van der Waals surface area contributed by atoms with Crippen LogP contribution >= 0.6 is 35.0 Å². The summed E-state index contributed by atoms with van der Waals surface area (Å²) in [7, 11) is 0. The van der Waals surface area contributed by atoms with Gasteiger partial charge in [0, 0.05) is 16.1 Å². The summed E-state index contributed by atoms with van der Waals surface area (Å²) in [4.78, 5) is 30.4. The molecule has 4 rings (SSSR count). The predicted molar refractivity (Wildman–Crippen MR) is 123 cm³/mol. The minimum Gasteiger partial charge on any atom is -0.353 e. The van der Waals surface area contributed by atoms with Crippen LogP contribution in [0, 0.1) is 0 Å². The van der Waals surface area contributed by atoms with Crippen molar-refractivity contribution in [3.63, 3.8) is 0 Å². The molecule has 0 saturated heterocycles. The van der Waals surface area contributed by atoms with Crippen LogP contribution in [0.2, 0.25) is 10.0 Å². The molecule has 1 saturated carbocycles. The lowest BCUT2D eigenvalue weighted by Crippen LogP contribution is -2.37. The Bertz CT molecular complexity index is 1130. The fourth-order valence-corrected chi connectivity index (χ4v) is 4.82. The zero-order valence-electron chi connectivity index (χ0n) is 16.2. The number of rotatable bonds is 5. The Morgan fingerprint density at radius 3 is 2.50 bits per heavy atom. The number of thioether (sulfide) groups is 1. The second-order valence-electron chi connectivity index (χ2n) is 7.36. The topological polar surface area (TPSA) is 64.0 Å². The van der Waals surface area contributed by atoms with Gasteiger partial charge in [-0.2, -0.15) is 0 Å². The molecule has 8 heteroatoms. The van der Waals surface area contributed by atoms with Gasteiger partial charge >= 0.3 is 0 Å². The number of halogens is 2. The van der Waals surface area contributed by atoms with Gasteiger partial charge in [-0.25, -0.2) is 4.98 Å². The number of nitrogens with zero attached hydrogens (tertiary/aromatic N) is 2. The van der Waals surface area contributed by atoms with Crippen molar-refractivity contribution < 1.29 is 4.79 Å². The van der Waals surface area contributed by atoms with Crippen molar-refractivity contribution in [3.8, 4) is 5.69 Å². The summed E-state index contributed by atoms with van der Waals surface area (Å²) in [5.74, 6) is 0.137. The predicted octanol–water partition coefficient (Wildman–Crippen LogP) is 5.23. The summed E-state index contributed by atoms with van der Waals surface area (Å²) in [6.07, 6.45) is 5.59. The van der Waals surface area contributed by atoms with Gasteiger partial charge in [-0.15, -0.1) is 0 Å². The highest BCUT2D eigenvalue weighted by atomic mass is 35.5. The summed E-state index contributed by atoms with van der Waals surface area (Å²) in [5, 5.41) is 5.09. The highest BCUT2D eigenvalue weighted by molar-refractivity contribution is 7.99. The lowest BCUT2D eigenvalue weighted by atomic mass is 9.95. The largest absolute Gasteiger partial charge is 0.353 e. The van der Waals surface area contributed by atoms with Gasteiger partial charge in [0.15, 0.2) is 5.16 Å². The number of carbonyl (C=O) groups excluding carboxylic acids is 1. The Morgan fingerprint density at radius 2 is 1.77 bits per heavy atom. The molecular formula is C22H21Cl2N3O2S. The molecule has 1 aromatic heterocycles. The molecule has 1 heterocycles. The highest BCUT2D eigenvalue weighted by Gasteiger charge is 2.18. The second-order valence-corrected chi connectivity index (χ2v) is 9.18. The number of carbonyl (C=O) groups is 1. The Hall–Kier alpha value is -2.02. The first kappa shape index (κ1) is 21.2. The first-order chi connectivity index (χ1) is 14.5. The van der Waals surface area contributed by atoms with Gasteiger partial charge in [-0.05, 0) is 55.3 Å². The Balaban J connectivity index is 1.66. The third-order valence-electron chi connectivity index (χ3n) is 5.19. The number of hydrogen-bond donors (Lipinski definition) is 1. The Morgan fingerprint density at radius 1 is 1.07 bits per heavy atom. The first-order valence-electron chi connectivity index (χ1n) is 9.92. The normalized spacial score (nSPS) is 14.7. The number of fused-ring (bicyclic) bond motifs is 1. The third-order valence-corrected chi connectivity index (χ3v) is 6.61. The van der Waals surface area contributed by atoms with E-state index in [1.165, 1.54) is 22.7 Å². The molecule has 0 bridgehead atoms. The summed E-state index contributed by atoms with van der Waals surface area (Å²) >= 11 is 13.4. The summed E-state index contributed by atoms with van der Waals surface area (Å²) < 4.78 is 1.52. The van der Waals surface area contributed by atoms with E-state index >= 15 is 0 Å². The molecule has 1 aliphatic carbocycles. The van der Waals surface area contributed by atoms with Gasteiger partial charge in [0.05, 0.1) is 22.3 Å². The van der Waals surface area contributed by atoms with Crippen molar-refractivity contribution in [1.29, 1.82) is 0 Å². The molecule has 30 heavy (non-hydrogen) atoms. The van der Waals surface area contributed by atoms with Gasteiger partial charge < -0.3 is 5.32 Å². The van der Waals surface area contributed by atoms with E-state index in [4.69, 9.17) is 23.2 Å². The molecule has 0 spiro atoms. The summed E-state index contributed by atoms with van der Waals surface area (Å²) in [6, 6.07) is 12.2. The molecule has 0 radical (unpaired) electrons. The van der Waals surface area contributed by atoms with Gasteiger partial charge in [0.1, 0.15) is 0 Å². The van der Waals surface area contributed by atoms with Crippen LogP contribution in [0.1, 0.15) is 32.1 Å². The molecule has 0 atom stereocenters. The van der Waals surface area contributed by atoms with Gasteiger partial charge in [-0.3, -0.25) is 14.2 Å². The van der Waals surface area contributed by atoms with Crippen molar-refractivity contribution in [2.45, 2.75) is 43.3 Å². The molecule has 1 fully saturated rings. The van der Waals surface area contributed by atoms with Crippen molar-refractivity contribution >= 4 is 51.8 Å². The zero-order chi connectivity index (χ0) is 21.1. The first-order valence-corrected chi connectivity index (χ1v) is 11.7. The zero-order valence-corrected chi connectivity index (χ0v) is 18.6. The molecule has 1 N–H and O–H groups in total. The monoisotopic (exact) mass is 461 g/mol. The standard InChI is InChI=1S/C22H21Cl2N3O2S/c23-14-6-9-17(10-7-14)27-21(29)18-11-8-15(24)12-19(18)26-22(27)30-13-20(28)25-16-4-2-1-3-5-16/h6-12,16H,1-5,13H2,(H,25,28). The van der Waals surface area contributed by atoms with Crippen LogP contribution in [0.3, 0.4) is 0 Å². The fraction of sp³-hybridized carbons (Fsp3) is 0.318. The van der Waals surface area contributed by atoms with Crippen LogP contribution in [0.15, 0.2) is 52.4 Å². The van der Waals surface area contributed by atoms with Crippen molar-refractivity contribution in [1.82, 2.24) is 14.9 Å². The van der Waals surface area contributed by atoms with E-state index in [1.807, 2.05) is 0 Å². The minimum atomic E-state index is -0.214. The number of aromatic nitrogens is 2. The molecule has 3 aromatic rings. The van der Waals surface area contributed by atoms with Crippen LogP contribution in [-0.2, 0) is 4.79 Å². The summed E-state index contributed by atoms with van der Waals surface area (Å²) in [6.45, 7) is 0. The molecule has 0 aliphatic heterocycles. The van der Waals surface area contributed by atoms with Crippen LogP contribution in [0.5, 0.6) is 0 Å². The van der Waals surface area contributed by atoms with Crippen molar-refractivity contribution in [2.24, 2.45) is 0 Å². The number of benzene rings is 2. The molecule has 2 aromatic carbocycles. The Labute approximate surface area is 188 Å². The Kier molecular flexibility index (Phi) is 6.66. The highest BCUT2D eigenvalue weighted by Crippen LogP contribution is 2.24. The third kappa shape index (κ3) is 4.82. The fourth-order valence-electron chi connectivity index (χ4n) is 3.70. The molecule has 156 valence electrons. The molecular weight excluding hydrogens is 441 g/mol. The maximum atomic E-state index is 13.2. The lowest BCUT2D eigenvalue weighted by Gasteiger charge is -2.22. The van der Waals surface area contributed by atoms with Gasteiger partial charge in [0.2, 0.25) is 5.91 Å². The molecule has 1 amide bonds. The van der Waals surface area contributed by atoms with Crippen LogP contribution in [0.25, 0.3) is 16.6 Å². The van der Waals surface area contributed by atoms with E-state index in [-0.39, 0.29) is 23.3 Å². The van der Waals surface area contributed by atoms with E-state index in [1.54, 1.807) is 42.5 Å². The number of amides is 1. The molecule has 0 unspecified atom stereocenters. The van der Waals surface area contributed by atoms with E-state index in [9.17, 15) is 9.59 Å². The minimum absolute atomic E-state index is 0.0463. The number of hydrogen-bond acceptors (Lipinski definition) is 4. The maximum absolute atomic E-state index is 13.2. The maximum Gasteiger partial charge on any atom is 0.266 e. The van der Waals surface area contributed by atoms with E-state index in [2.05, 4.69) is 10.3 Å². The van der Waals surface area contributed by atoms with Gasteiger partial charge in [0.25, 0.3) is 5.56 Å². The average molecular weight is 462 g/mol. The van der Waals surface area contributed by atoms with Crippen molar-refractivity contribution in [3.05, 3.63) is 62.9 Å². The second kappa shape index (κ2) is 9.41. The van der Waals surface area contributed by atoms with Crippen LogP contribution < -0.4 is 10.9 Å². The molecule has 5 nitrogen and oxygen atoms in total. The molecule has 1 aliphatic rings. The smallest absolute Gasteiger partial charge is 0.266 e.